The maximum absolute atomic E-state index is 12.9. The van der Waals surface area contributed by atoms with Crippen molar-refractivity contribution in [3.8, 4) is 11.8 Å². The average Bonchev–Trinajstić information content (AvgIpc) is 2.73. The number of benzene rings is 2. The third-order valence-electron chi connectivity index (χ3n) is 4.44. The Morgan fingerprint density at radius 2 is 1.97 bits per heavy atom. The van der Waals surface area contributed by atoms with E-state index in [2.05, 4.69) is 5.10 Å². The second kappa shape index (κ2) is 8.36. The molecule has 150 valence electrons. The summed E-state index contributed by atoms with van der Waals surface area (Å²) in [5, 5.41) is 24.5. The number of nitriles is 1. The lowest BCUT2D eigenvalue weighted by Crippen LogP contribution is -2.33. The molecule has 0 fully saturated rings. The van der Waals surface area contributed by atoms with E-state index >= 15 is 0 Å². The number of aromatic nitrogens is 2. The molecule has 0 unspecified atom stereocenters. The maximum Gasteiger partial charge on any atom is 0.294 e. The van der Waals surface area contributed by atoms with Gasteiger partial charge in [-0.25, -0.2) is 4.68 Å². The minimum absolute atomic E-state index is 0.151. The molecule has 0 N–H and O–H groups in total. The average molecular weight is 403 g/mol. The predicted octanol–water partition coefficient (Wildman–Crippen LogP) is 2.59. The van der Waals surface area contributed by atoms with Gasteiger partial charge < -0.3 is 4.90 Å². The van der Waals surface area contributed by atoms with Gasteiger partial charge in [-0.05, 0) is 30.7 Å². The number of hydrogen-bond donors (Lipinski definition) is 0. The highest BCUT2D eigenvalue weighted by Crippen LogP contribution is 2.22. The fourth-order valence-corrected chi connectivity index (χ4v) is 3.00. The minimum Gasteiger partial charge on any atom is -0.336 e. The molecule has 9 nitrogen and oxygen atoms in total. The van der Waals surface area contributed by atoms with Gasteiger partial charge in [-0.3, -0.25) is 19.7 Å². The molecule has 0 aliphatic rings. The van der Waals surface area contributed by atoms with E-state index in [0.717, 1.165) is 5.56 Å². The number of carbonyl (C=O) groups excluding carboxylic acids is 1. The van der Waals surface area contributed by atoms with Crippen LogP contribution in [0.2, 0.25) is 0 Å². The second-order valence-electron chi connectivity index (χ2n) is 6.63. The molecule has 0 saturated heterocycles. The first-order valence-electron chi connectivity index (χ1n) is 8.91. The zero-order chi connectivity index (χ0) is 21.8. The van der Waals surface area contributed by atoms with Crippen LogP contribution in [0.15, 0.2) is 59.4 Å². The lowest BCUT2D eigenvalue weighted by molar-refractivity contribution is -0.384. The SMILES string of the molecule is Cc1cc(=O)c(C(=O)N(C)Cc2cccc(C#N)c2)nn1-c1ccccc1[N+](=O)[O-]. The molecule has 0 aliphatic heterocycles. The predicted molar refractivity (Wildman–Crippen MR) is 108 cm³/mol. The molecule has 0 radical (unpaired) electrons. The van der Waals surface area contributed by atoms with E-state index in [0.29, 0.717) is 11.3 Å². The van der Waals surface area contributed by atoms with Gasteiger partial charge in [-0.15, -0.1) is 0 Å². The summed E-state index contributed by atoms with van der Waals surface area (Å²) < 4.78 is 1.22. The smallest absolute Gasteiger partial charge is 0.294 e. The summed E-state index contributed by atoms with van der Waals surface area (Å²) in [6.07, 6.45) is 0. The van der Waals surface area contributed by atoms with E-state index in [1.165, 1.54) is 40.9 Å². The topological polar surface area (TPSA) is 122 Å². The van der Waals surface area contributed by atoms with Gasteiger partial charge in [-0.1, -0.05) is 24.3 Å². The van der Waals surface area contributed by atoms with Crippen LogP contribution in [0.3, 0.4) is 0 Å². The Morgan fingerprint density at radius 3 is 2.67 bits per heavy atom. The summed E-state index contributed by atoms with van der Waals surface area (Å²) in [4.78, 5) is 37.4. The molecule has 3 rings (SSSR count). The minimum atomic E-state index is -0.630. The molecule has 1 heterocycles. The molecule has 2 aromatic carbocycles. The summed E-state index contributed by atoms with van der Waals surface area (Å²) in [7, 11) is 1.51. The summed E-state index contributed by atoms with van der Waals surface area (Å²) in [6, 6.07) is 16.0. The summed E-state index contributed by atoms with van der Waals surface area (Å²) in [6.45, 7) is 1.74. The zero-order valence-corrected chi connectivity index (χ0v) is 16.3. The highest BCUT2D eigenvalue weighted by atomic mass is 16.6. The molecule has 0 aliphatic carbocycles. The van der Waals surface area contributed by atoms with Gasteiger partial charge in [0.15, 0.2) is 5.69 Å². The van der Waals surface area contributed by atoms with Gasteiger partial charge in [0.1, 0.15) is 5.69 Å². The number of nitro benzene ring substituents is 1. The van der Waals surface area contributed by atoms with Crippen molar-refractivity contribution in [2.45, 2.75) is 13.5 Å². The van der Waals surface area contributed by atoms with Gasteiger partial charge in [0.05, 0.1) is 16.6 Å². The Labute approximate surface area is 171 Å². The van der Waals surface area contributed by atoms with Gasteiger partial charge in [0, 0.05) is 31.4 Å². The Balaban J connectivity index is 1.99. The lowest BCUT2D eigenvalue weighted by atomic mass is 10.1. The second-order valence-corrected chi connectivity index (χ2v) is 6.63. The van der Waals surface area contributed by atoms with Crippen molar-refractivity contribution in [2.24, 2.45) is 0 Å². The fraction of sp³-hybridized carbons (Fsp3) is 0.143. The number of amides is 1. The highest BCUT2D eigenvalue weighted by Gasteiger charge is 2.22. The lowest BCUT2D eigenvalue weighted by Gasteiger charge is -2.18. The highest BCUT2D eigenvalue weighted by molar-refractivity contribution is 5.91. The van der Waals surface area contributed by atoms with Crippen molar-refractivity contribution in [3.05, 3.63) is 97.4 Å². The van der Waals surface area contributed by atoms with Crippen LogP contribution in [0.25, 0.3) is 5.69 Å². The van der Waals surface area contributed by atoms with E-state index in [1.54, 1.807) is 37.3 Å². The van der Waals surface area contributed by atoms with Crippen molar-refractivity contribution in [3.63, 3.8) is 0 Å². The Bertz CT molecular complexity index is 1240. The van der Waals surface area contributed by atoms with Crippen LogP contribution in [0.5, 0.6) is 0 Å². The number of carbonyl (C=O) groups is 1. The molecule has 0 spiro atoms. The van der Waals surface area contributed by atoms with Crippen LogP contribution in [-0.2, 0) is 6.54 Å². The van der Waals surface area contributed by atoms with Gasteiger partial charge in [0.25, 0.3) is 11.6 Å². The van der Waals surface area contributed by atoms with Crippen LogP contribution in [0.4, 0.5) is 5.69 Å². The van der Waals surface area contributed by atoms with Crippen molar-refractivity contribution in [1.82, 2.24) is 14.7 Å². The number of nitrogens with zero attached hydrogens (tertiary/aromatic N) is 5. The normalized spacial score (nSPS) is 10.3. The number of hydrogen-bond acceptors (Lipinski definition) is 6. The quantitative estimate of drug-likeness (QED) is 0.477. The van der Waals surface area contributed by atoms with E-state index in [9.17, 15) is 19.7 Å². The molecule has 9 heteroatoms. The van der Waals surface area contributed by atoms with Crippen molar-refractivity contribution in [2.75, 3.05) is 7.05 Å². The van der Waals surface area contributed by atoms with Crippen LogP contribution in [0, 0.1) is 28.4 Å². The van der Waals surface area contributed by atoms with Crippen molar-refractivity contribution >= 4 is 11.6 Å². The molecule has 0 saturated carbocycles. The first kappa shape index (κ1) is 20.4. The molecule has 0 bridgehead atoms. The van der Waals surface area contributed by atoms with E-state index in [-0.39, 0.29) is 23.6 Å². The van der Waals surface area contributed by atoms with Gasteiger partial charge in [0.2, 0.25) is 5.43 Å². The van der Waals surface area contributed by atoms with E-state index in [1.807, 2.05) is 6.07 Å². The molecular weight excluding hydrogens is 386 g/mol. The molecular formula is C21H17N5O4. The third-order valence-corrected chi connectivity index (χ3v) is 4.44. The molecule has 3 aromatic rings. The molecule has 1 amide bonds. The molecule has 30 heavy (non-hydrogen) atoms. The van der Waals surface area contributed by atoms with Crippen molar-refractivity contribution in [1.29, 1.82) is 5.26 Å². The number of rotatable bonds is 5. The molecule has 1 aromatic heterocycles. The Morgan fingerprint density at radius 1 is 1.23 bits per heavy atom. The van der Waals surface area contributed by atoms with Gasteiger partial charge in [-0.2, -0.15) is 10.4 Å². The number of nitro groups is 1. The standard InChI is InChI=1S/C21H17N5O4/c1-14-10-19(27)20(23-25(14)17-8-3-4-9-18(17)26(29)30)21(28)24(2)13-16-7-5-6-15(11-16)12-22/h3-11H,13H2,1-2H3. The Hall–Kier alpha value is -4.32. The van der Waals surface area contributed by atoms with Crippen LogP contribution < -0.4 is 5.43 Å². The Kier molecular flexibility index (Phi) is 5.69. The van der Waals surface area contributed by atoms with E-state index in [4.69, 9.17) is 5.26 Å². The zero-order valence-electron chi connectivity index (χ0n) is 16.3. The number of para-hydroxylation sites is 2. The first-order valence-corrected chi connectivity index (χ1v) is 8.91. The first-order chi connectivity index (χ1) is 14.3. The van der Waals surface area contributed by atoms with Gasteiger partial charge >= 0.3 is 0 Å². The summed E-state index contributed by atoms with van der Waals surface area (Å²) >= 11 is 0. The fourth-order valence-electron chi connectivity index (χ4n) is 3.00. The maximum atomic E-state index is 12.9. The van der Waals surface area contributed by atoms with Crippen LogP contribution >= 0.6 is 0 Å². The summed E-state index contributed by atoms with van der Waals surface area (Å²) in [5.74, 6) is -0.630. The van der Waals surface area contributed by atoms with Crippen LogP contribution in [0.1, 0.15) is 27.3 Å². The van der Waals surface area contributed by atoms with Crippen LogP contribution in [-0.4, -0.2) is 32.6 Å². The third kappa shape index (κ3) is 4.07. The van der Waals surface area contributed by atoms with Crippen molar-refractivity contribution < 1.29 is 9.72 Å². The number of aryl methyl sites for hydroxylation is 1. The van der Waals surface area contributed by atoms with E-state index < -0.39 is 16.3 Å². The summed E-state index contributed by atoms with van der Waals surface area (Å²) in [5.41, 5.74) is 0.560. The molecule has 0 atom stereocenters. The largest absolute Gasteiger partial charge is 0.336 e. The monoisotopic (exact) mass is 403 g/mol.